The van der Waals surface area contributed by atoms with Crippen LogP contribution in [0.5, 0.6) is 11.5 Å². The zero-order valence-electron chi connectivity index (χ0n) is 12.6. The molecule has 3 aromatic rings. The van der Waals surface area contributed by atoms with Crippen LogP contribution < -0.4 is 9.47 Å². The van der Waals surface area contributed by atoms with Gasteiger partial charge in [0, 0.05) is 18.0 Å². The van der Waals surface area contributed by atoms with Crippen molar-refractivity contribution >= 4 is 16.9 Å². The van der Waals surface area contributed by atoms with Crippen LogP contribution in [0, 0.1) is 0 Å². The van der Waals surface area contributed by atoms with Crippen LogP contribution in [0.15, 0.2) is 48.5 Å². The van der Waals surface area contributed by atoms with Crippen LogP contribution in [0.1, 0.15) is 16.1 Å². The molecule has 1 aliphatic rings. The molecule has 0 N–H and O–H groups in total. The van der Waals surface area contributed by atoms with Gasteiger partial charge in [-0.2, -0.15) is 0 Å². The third kappa shape index (κ3) is 2.30. The zero-order chi connectivity index (χ0) is 15.8. The highest BCUT2D eigenvalue weighted by molar-refractivity contribution is 5.96. The predicted molar refractivity (Wildman–Crippen MR) is 84.9 cm³/mol. The molecule has 5 heteroatoms. The average Bonchev–Trinajstić information content (AvgIpc) is 3.17. The van der Waals surface area contributed by atoms with Crippen molar-refractivity contribution < 1.29 is 19.0 Å². The van der Waals surface area contributed by atoms with Gasteiger partial charge in [0.1, 0.15) is 5.69 Å². The van der Waals surface area contributed by atoms with Crippen LogP contribution in [-0.4, -0.2) is 24.4 Å². The van der Waals surface area contributed by atoms with Crippen LogP contribution in [0.25, 0.3) is 10.9 Å². The Bertz CT molecular complexity index is 883. The van der Waals surface area contributed by atoms with E-state index in [1.807, 2.05) is 53.1 Å². The summed E-state index contributed by atoms with van der Waals surface area (Å²) in [6.45, 7) is 0.804. The van der Waals surface area contributed by atoms with Crippen LogP contribution in [0.4, 0.5) is 0 Å². The van der Waals surface area contributed by atoms with E-state index < -0.39 is 0 Å². The number of fused-ring (bicyclic) bond motifs is 2. The smallest absolute Gasteiger partial charge is 0.354 e. The van der Waals surface area contributed by atoms with Gasteiger partial charge in [-0.05, 0) is 17.7 Å². The van der Waals surface area contributed by atoms with E-state index in [-0.39, 0.29) is 12.8 Å². The summed E-state index contributed by atoms with van der Waals surface area (Å²) >= 11 is 0. The van der Waals surface area contributed by atoms with E-state index in [2.05, 4.69) is 0 Å². The highest BCUT2D eigenvalue weighted by Gasteiger charge is 2.21. The van der Waals surface area contributed by atoms with E-state index >= 15 is 0 Å². The molecule has 0 atom stereocenters. The first-order valence-corrected chi connectivity index (χ1v) is 7.31. The van der Waals surface area contributed by atoms with Crippen molar-refractivity contribution in [1.29, 1.82) is 0 Å². The van der Waals surface area contributed by atoms with E-state index in [0.29, 0.717) is 23.7 Å². The highest BCUT2D eigenvalue weighted by Crippen LogP contribution is 2.37. The molecular formula is C18H15NO4. The van der Waals surface area contributed by atoms with Crippen molar-refractivity contribution in [3.8, 4) is 11.5 Å². The van der Waals surface area contributed by atoms with Crippen LogP contribution >= 0.6 is 0 Å². The van der Waals surface area contributed by atoms with Crippen LogP contribution in [0.2, 0.25) is 0 Å². The van der Waals surface area contributed by atoms with Gasteiger partial charge in [0.2, 0.25) is 6.79 Å². The van der Waals surface area contributed by atoms with Gasteiger partial charge in [0.15, 0.2) is 11.5 Å². The summed E-state index contributed by atoms with van der Waals surface area (Å²) in [7, 11) is 1.39. The second-order valence-electron chi connectivity index (χ2n) is 5.36. The van der Waals surface area contributed by atoms with Gasteiger partial charge >= 0.3 is 5.97 Å². The molecule has 0 radical (unpaired) electrons. The van der Waals surface area contributed by atoms with Crippen molar-refractivity contribution in [1.82, 2.24) is 4.57 Å². The van der Waals surface area contributed by atoms with Crippen LogP contribution in [-0.2, 0) is 11.3 Å². The lowest BCUT2D eigenvalue weighted by Crippen LogP contribution is -2.11. The Hall–Kier alpha value is -2.95. The fraction of sp³-hybridized carbons (Fsp3) is 0.167. The van der Waals surface area contributed by atoms with E-state index in [0.717, 1.165) is 16.5 Å². The first-order valence-electron chi connectivity index (χ1n) is 7.31. The first kappa shape index (κ1) is 13.7. The number of methoxy groups -OCH3 is 1. The average molecular weight is 309 g/mol. The van der Waals surface area contributed by atoms with Crippen molar-refractivity contribution in [2.75, 3.05) is 13.9 Å². The number of rotatable bonds is 3. The van der Waals surface area contributed by atoms with E-state index in [1.54, 1.807) is 0 Å². The SMILES string of the molecule is COC(=O)c1cc2cc3c(cc2n1Cc1ccccc1)OCO3. The standard InChI is InChI=1S/C18H15NO4/c1-21-18(20)15-7-13-8-16-17(23-11-22-16)9-14(13)19(15)10-12-5-3-2-4-6-12/h2-9H,10-11H2,1H3. The topological polar surface area (TPSA) is 49.7 Å². The number of nitrogens with zero attached hydrogens (tertiary/aromatic N) is 1. The molecule has 2 aromatic carbocycles. The third-order valence-corrected chi connectivity index (χ3v) is 3.97. The van der Waals surface area contributed by atoms with Gasteiger partial charge in [-0.15, -0.1) is 0 Å². The summed E-state index contributed by atoms with van der Waals surface area (Å²) in [6.07, 6.45) is 0. The number of esters is 1. The summed E-state index contributed by atoms with van der Waals surface area (Å²) in [5.41, 5.74) is 2.53. The normalized spacial score (nSPS) is 12.6. The van der Waals surface area contributed by atoms with Crippen LogP contribution in [0.3, 0.4) is 0 Å². The predicted octanol–water partition coefficient (Wildman–Crippen LogP) is 3.20. The summed E-state index contributed by atoms with van der Waals surface area (Å²) in [5.74, 6) is 1.03. The Kier molecular flexibility index (Phi) is 3.19. The molecule has 5 nitrogen and oxygen atoms in total. The fourth-order valence-corrected chi connectivity index (χ4v) is 2.86. The molecule has 23 heavy (non-hydrogen) atoms. The molecule has 0 aliphatic carbocycles. The largest absolute Gasteiger partial charge is 0.464 e. The molecular weight excluding hydrogens is 294 g/mol. The lowest BCUT2D eigenvalue weighted by Gasteiger charge is -2.10. The molecule has 4 rings (SSSR count). The Morgan fingerprint density at radius 1 is 1.13 bits per heavy atom. The van der Waals surface area contributed by atoms with Gasteiger partial charge < -0.3 is 18.8 Å². The second-order valence-corrected chi connectivity index (χ2v) is 5.36. The number of benzene rings is 2. The maximum absolute atomic E-state index is 12.1. The Balaban J connectivity index is 1.89. The molecule has 2 heterocycles. The molecule has 0 amide bonds. The Labute approximate surface area is 133 Å². The Morgan fingerprint density at radius 2 is 1.87 bits per heavy atom. The summed E-state index contributed by atoms with van der Waals surface area (Å²) in [6, 6.07) is 15.6. The molecule has 0 spiro atoms. The van der Waals surface area contributed by atoms with Gasteiger partial charge in [-0.3, -0.25) is 0 Å². The van der Waals surface area contributed by atoms with E-state index in [9.17, 15) is 4.79 Å². The zero-order valence-corrected chi connectivity index (χ0v) is 12.6. The number of hydrogen-bond donors (Lipinski definition) is 0. The molecule has 0 saturated heterocycles. The van der Waals surface area contributed by atoms with Crippen molar-refractivity contribution in [2.45, 2.75) is 6.54 Å². The number of hydrogen-bond acceptors (Lipinski definition) is 4. The number of carbonyl (C=O) groups is 1. The van der Waals surface area contributed by atoms with E-state index in [1.165, 1.54) is 7.11 Å². The Morgan fingerprint density at radius 3 is 2.61 bits per heavy atom. The summed E-state index contributed by atoms with van der Waals surface area (Å²) < 4.78 is 17.7. The monoisotopic (exact) mass is 309 g/mol. The molecule has 0 bridgehead atoms. The van der Waals surface area contributed by atoms with Gasteiger partial charge in [0.05, 0.1) is 12.6 Å². The molecule has 0 saturated carbocycles. The summed E-state index contributed by atoms with van der Waals surface area (Å²) in [4.78, 5) is 12.1. The highest BCUT2D eigenvalue weighted by atomic mass is 16.7. The number of carbonyl (C=O) groups excluding carboxylic acids is 1. The van der Waals surface area contributed by atoms with Gasteiger partial charge in [-0.1, -0.05) is 30.3 Å². The second kappa shape index (κ2) is 5.35. The molecule has 116 valence electrons. The molecule has 0 fully saturated rings. The van der Waals surface area contributed by atoms with Gasteiger partial charge in [-0.25, -0.2) is 4.79 Å². The number of aromatic nitrogens is 1. The van der Waals surface area contributed by atoms with Crippen molar-refractivity contribution in [3.05, 3.63) is 59.8 Å². The molecule has 0 unspecified atom stereocenters. The van der Waals surface area contributed by atoms with Gasteiger partial charge in [0.25, 0.3) is 0 Å². The third-order valence-electron chi connectivity index (χ3n) is 3.97. The fourth-order valence-electron chi connectivity index (χ4n) is 2.86. The minimum Gasteiger partial charge on any atom is -0.464 e. The maximum atomic E-state index is 12.1. The van der Waals surface area contributed by atoms with Crippen molar-refractivity contribution in [2.24, 2.45) is 0 Å². The summed E-state index contributed by atoms with van der Waals surface area (Å²) in [5, 5.41) is 0.922. The molecule has 1 aromatic heterocycles. The lowest BCUT2D eigenvalue weighted by molar-refractivity contribution is 0.0589. The van der Waals surface area contributed by atoms with Crippen molar-refractivity contribution in [3.63, 3.8) is 0 Å². The maximum Gasteiger partial charge on any atom is 0.354 e. The minimum absolute atomic E-state index is 0.227. The molecule has 1 aliphatic heterocycles. The number of ether oxygens (including phenoxy) is 3. The quantitative estimate of drug-likeness (QED) is 0.697. The lowest BCUT2D eigenvalue weighted by atomic mass is 10.2. The van der Waals surface area contributed by atoms with E-state index in [4.69, 9.17) is 14.2 Å². The minimum atomic E-state index is -0.362. The first-order chi connectivity index (χ1) is 11.3.